The van der Waals surface area contributed by atoms with Crippen LogP contribution in [0.25, 0.3) is 22.3 Å². The summed E-state index contributed by atoms with van der Waals surface area (Å²) < 4.78 is 3.63. The summed E-state index contributed by atoms with van der Waals surface area (Å²) in [7, 11) is 0. The molecule has 0 aromatic heterocycles. The molecule has 0 fully saturated rings. The molecule has 0 N–H and O–H groups in total. The Morgan fingerprint density at radius 2 is 0.951 bits per heavy atom. The predicted octanol–water partition coefficient (Wildman–Crippen LogP) is 8.96. The van der Waals surface area contributed by atoms with Gasteiger partial charge in [0.05, 0.1) is 0 Å². The maximum atomic E-state index is 2.49. The average molecular weight is 624 g/mol. The molecule has 6 aromatic carbocycles. The van der Waals surface area contributed by atoms with Crippen LogP contribution in [-0.2, 0) is 27.7 Å². The third-order valence-electron chi connectivity index (χ3n) is 8.66. The number of rotatable bonds is 4. The Morgan fingerprint density at radius 3 is 1.56 bits per heavy atom. The molecule has 0 unspecified atom stereocenters. The number of halogens is 1. The molecule has 6 aromatic rings. The quantitative estimate of drug-likeness (QED) is 0.184. The molecule has 0 amide bonds. The summed E-state index contributed by atoms with van der Waals surface area (Å²) in [5.74, 6) is 0. The van der Waals surface area contributed by atoms with E-state index >= 15 is 0 Å². The topological polar surface area (TPSA) is 0 Å². The Labute approximate surface area is 255 Å². The van der Waals surface area contributed by atoms with Gasteiger partial charge in [0.15, 0.2) is 0 Å². The molecule has 0 spiro atoms. The van der Waals surface area contributed by atoms with E-state index in [0.717, 1.165) is 6.42 Å². The molecule has 0 nitrogen and oxygen atoms in total. The van der Waals surface area contributed by atoms with Crippen molar-refractivity contribution >= 4 is 18.9 Å². The van der Waals surface area contributed by atoms with Crippen molar-refractivity contribution in [2.75, 3.05) is 0 Å². The molecule has 2 aliphatic rings. The summed E-state index contributed by atoms with van der Waals surface area (Å²) in [6.45, 7) is 0. The van der Waals surface area contributed by atoms with Gasteiger partial charge in [-0.1, -0.05) is 0 Å². The average Bonchev–Trinajstić information content (AvgIpc) is 3.57. The van der Waals surface area contributed by atoms with Gasteiger partial charge in [-0.25, -0.2) is 0 Å². The van der Waals surface area contributed by atoms with E-state index in [-0.39, 0.29) is 12.4 Å². The van der Waals surface area contributed by atoms with Crippen molar-refractivity contribution in [1.29, 1.82) is 0 Å². The van der Waals surface area contributed by atoms with E-state index in [1.807, 2.05) is 0 Å². The van der Waals surface area contributed by atoms with E-state index in [9.17, 15) is 0 Å². The molecule has 0 heterocycles. The second kappa shape index (κ2) is 11.0. The molecule has 0 radical (unpaired) electrons. The fourth-order valence-electron chi connectivity index (χ4n) is 7.00. The molecule has 0 saturated heterocycles. The van der Waals surface area contributed by atoms with E-state index < -0.39 is 21.3 Å². The van der Waals surface area contributed by atoms with Gasteiger partial charge in [-0.2, -0.15) is 0 Å². The minimum absolute atomic E-state index is 0. The standard InChI is InChI=1S/2C13H9.C13H10.ClH.Zr/c2*1-3-7-12-10(5-1)9-11-6-2-4-8-13(11)12;1-3-7-12(8-4-1)11-13-9-5-2-6-10-13;;/h1-5,7-8H,9H2;1-9H;1-10H;1H;. The zero-order valence-corrected chi connectivity index (χ0v) is 25.9. The number of hydrogen-bond acceptors (Lipinski definition) is 0. The van der Waals surface area contributed by atoms with E-state index in [4.69, 9.17) is 0 Å². The summed E-state index contributed by atoms with van der Waals surface area (Å²) in [5, 5.41) is 0. The summed E-state index contributed by atoms with van der Waals surface area (Å²) in [6.07, 6.45) is 1.03. The van der Waals surface area contributed by atoms with Gasteiger partial charge in [0, 0.05) is 0 Å². The number of hydrogen-bond donors (Lipinski definition) is 0. The second-order valence-electron chi connectivity index (χ2n) is 10.8. The van der Waals surface area contributed by atoms with Crippen molar-refractivity contribution < 1.29 is 21.3 Å². The van der Waals surface area contributed by atoms with Crippen molar-refractivity contribution in [3.05, 3.63) is 185 Å². The molecular weight excluding hydrogens is 595 g/mol. The molecule has 0 atom stereocenters. The molecule has 8 rings (SSSR count). The van der Waals surface area contributed by atoms with Crippen LogP contribution in [0.4, 0.5) is 0 Å². The van der Waals surface area contributed by atoms with Gasteiger partial charge in [-0.3, -0.25) is 0 Å². The summed E-state index contributed by atoms with van der Waals surface area (Å²) in [4.78, 5) is 0. The molecule has 0 bridgehead atoms. The van der Waals surface area contributed by atoms with E-state index in [2.05, 4.69) is 152 Å². The van der Waals surface area contributed by atoms with Crippen molar-refractivity contribution in [2.24, 2.45) is 0 Å². The molecule has 196 valence electrons. The van der Waals surface area contributed by atoms with Crippen molar-refractivity contribution in [2.45, 2.75) is 10.0 Å². The van der Waals surface area contributed by atoms with Crippen molar-refractivity contribution in [3.63, 3.8) is 0 Å². The van der Waals surface area contributed by atoms with Crippen LogP contribution >= 0.6 is 12.4 Å². The van der Waals surface area contributed by atoms with Crippen LogP contribution in [0.2, 0.25) is 0 Å². The van der Waals surface area contributed by atoms with Crippen molar-refractivity contribution in [1.82, 2.24) is 0 Å². The summed E-state index contributed by atoms with van der Waals surface area (Å²) >= 11 is -2.81. The first-order valence-electron chi connectivity index (χ1n) is 14.1. The molecule has 41 heavy (non-hydrogen) atoms. The summed E-state index contributed by atoms with van der Waals surface area (Å²) in [6, 6.07) is 57.1. The zero-order chi connectivity index (χ0) is 26.5. The van der Waals surface area contributed by atoms with Crippen LogP contribution in [0.5, 0.6) is 0 Å². The Kier molecular flexibility index (Phi) is 7.03. The Bertz CT molecular complexity index is 1830. The van der Waals surface area contributed by atoms with Crippen molar-refractivity contribution in [3.8, 4) is 22.3 Å². The molecule has 2 aliphatic carbocycles. The first kappa shape index (κ1) is 26.3. The Hall–Kier alpha value is -3.64. The van der Waals surface area contributed by atoms with E-state index in [1.54, 1.807) is 12.0 Å². The van der Waals surface area contributed by atoms with Gasteiger partial charge in [-0.05, 0) is 0 Å². The molecule has 0 aliphatic heterocycles. The SMILES string of the molecule is Cl.c1ccc([C](c2ccccc2)=[Zr]([c]2cccc3c2Cc2ccccc2-3)[CH]2c3ccccc3-c3ccccc32)cc1. The molecule has 2 heteroatoms. The van der Waals surface area contributed by atoms with Crippen LogP contribution in [0.1, 0.15) is 37.0 Å². The minimum atomic E-state index is -2.81. The van der Waals surface area contributed by atoms with Crippen LogP contribution in [0, 0.1) is 0 Å². The number of benzene rings is 6. The van der Waals surface area contributed by atoms with Crippen LogP contribution < -0.4 is 3.27 Å². The van der Waals surface area contributed by atoms with Gasteiger partial charge in [-0.15, -0.1) is 12.4 Å². The third-order valence-corrected chi connectivity index (χ3v) is 16.9. The number of fused-ring (bicyclic) bond motifs is 6. The van der Waals surface area contributed by atoms with E-state index in [1.165, 1.54) is 50.1 Å². The fraction of sp³-hybridized carbons (Fsp3) is 0.0513. The predicted molar refractivity (Wildman–Crippen MR) is 171 cm³/mol. The third kappa shape index (κ3) is 4.35. The Morgan fingerprint density at radius 1 is 0.463 bits per heavy atom. The van der Waals surface area contributed by atoms with E-state index in [0.29, 0.717) is 3.63 Å². The van der Waals surface area contributed by atoms with Crippen LogP contribution in [-0.4, -0.2) is 3.21 Å². The van der Waals surface area contributed by atoms with Gasteiger partial charge >= 0.3 is 245 Å². The Balaban J connectivity index is 0.00000276. The first-order valence-corrected chi connectivity index (χ1v) is 18.0. The van der Waals surface area contributed by atoms with Gasteiger partial charge < -0.3 is 0 Å². The van der Waals surface area contributed by atoms with Gasteiger partial charge in [0.2, 0.25) is 0 Å². The zero-order valence-electron chi connectivity index (χ0n) is 22.6. The monoisotopic (exact) mass is 622 g/mol. The normalized spacial score (nSPS) is 12.5. The van der Waals surface area contributed by atoms with Gasteiger partial charge in [0.1, 0.15) is 0 Å². The molecule has 0 saturated carbocycles. The summed E-state index contributed by atoms with van der Waals surface area (Å²) in [5.41, 5.74) is 14.5. The maximum absolute atomic E-state index is 2.81. The van der Waals surface area contributed by atoms with Crippen LogP contribution in [0.15, 0.2) is 152 Å². The fourth-order valence-corrected chi connectivity index (χ4v) is 16.3. The first-order chi connectivity index (χ1) is 19.9. The molecular formula is C39H29ClZr. The van der Waals surface area contributed by atoms with Crippen LogP contribution in [0.3, 0.4) is 0 Å². The van der Waals surface area contributed by atoms with Gasteiger partial charge in [0.25, 0.3) is 0 Å². The second-order valence-corrected chi connectivity index (χ2v) is 16.8.